The highest BCUT2D eigenvalue weighted by Gasteiger charge is 2.42. The standard InChI is InChI=1S/C20H24N3/c1-14-9-11-17(12-10-14)22-21-13-16-7-6-8-18-19(16)20(3,4)15(2)23(18)5/h6-13,22H,1-5H3/q+1. The summed E-state index contributed by atoms with van der Waals surface area (Å²) in [4.78, 5) is 0. The Hall–Kier alpha value is -2.42. The summed E-state index contributed by atoms with van der Waals surface area (Å²) in [5, 5.41) is 4.43. The molecule has 0 fully saturated rings. The largest absolute Gasteiger partial charge is 0.279 e. The van der Waals surface area contributed by atoms with Crippen LogP contribution in [0.2, 0.25) is 0 Å². The summed E-state index contributed by atoms with van der Waals surface area (Å²) in [5.74, 6) is 0. The van der Waals surface area contributed by atoms with Crippen LogP contribution in [0.1, 0.15) is 37.5 Å². The number of benzene rings is 2. The first-order valence-corrected chi connectivity index (χ1v) is 7.98. The maximum absolute atomic E-state index is 4.43. The van der Waals surface area contributed by atoms with E-state index in [2.05, 4.69) is 80.2 Å². The van der Waals surface area contributed by atoms with Crippen molar-refractivity contribution in [2.45, 2.75) is 33.1 Å². The fourth-order valence-electron chi connectivity index (χ4n) is 3.21. The van der Waals surface area contributed by atoms with Gasteiger partial charge in [-0.05, 0) is 32.9 Å². The molecule has 1 aliphatic rings. The second kappa shape index (κ2) is 5.65. The van der Waals surface area contributed by atoms with Crippen molar-refractivity contribution in [3.63, 3.8) is 0 Å². The maximum atomic E-state index is 4.43. The topological polar surface area (TPSA) is 27.4 Å². The monoisotopic (exact) mass is 306 g/mol. The van der Waals surface area contributed by atoms with Gasteiger partial charge in [0, 0.05) is 24.1 Å². The Morgan fingerprint density at radius 2 is 1.74 bits per heavy atom. The van der Waals surface area contributed by atoms with Gasteiger partial charge in [0.05, 0.1) is 17.3 Å². The predicted molar refractivity (Wildman–Crippen MR) is 98.4 cm³/mol. The predicted octanol–water partition coefficient (Wildman–Crippen LogP) is 4.47. The number of hydrogen-bond acceptors (Lipinski definition) is 2. The molecule has 0 aromatic heterocycles. The van der Waals surface area contributed by atoms with Crippen LogP contribution in [0.5, 0.6) is 0 Å². The summed E-state index contributed by atoms with van der Waals surface area (Å²) in [6.45, 7) is 8.83. The lowest BCUT2D eigenvalue weighted by Gasteiger charge is -2.17. The molecule has 0 spiro atoms. The van der Waals surface area contributed by atoms with Gasteiger partial charge in [0.15, 0.2) is 5.71 Å². The van der Waals surface area contributed by atoms with Gasteiger partial charge in [0.2, 0.25) is 5.69 Å². The summed E-state index contributed by atoms with van der Waals surface area (Å²) in [5.41, 5.74) is 10.5. The Bertz CT molecular complexity index is 796. The van der Waals surface area contributed by atoms with E-state index in [0.717, 1.165) is 11.3 Å². The highest BCUT2D eigenvalue weighted by atomic mass is 15.3. The van der Waals surface area contributed by atoms with Crippen molar-refractivity contribution in [2.24, 2.45) is 5.10 Å². The van der Waals surface area contributed by atoms with Crippen molar-refractivity contribution in [3.8, 4) is 0 Å². The van der Waals surface area contributed by atoms with E-state index >= 15 is 0 Å². The highest BCUT2D eigenvalue weighted by molar-refractivity contribution is 5.98. The first-order valence-electron chi connectivity index (χ1n) is 7.98. The van der Waals surface area contributed by atoms with E-state index in [1.165, 1.54) is 22.5 Å². The van der Waals surface area contributed by atoms with Crippen LogP contribution < -0.4 is 5.43 Å². The molecule has 3 rings (SSSR count). The number of hydrogen-bond donors (Lipinski definition) is 1. The Labute approximate surface area is 138 Å². The third kappa shape index (κ3) is 2.67. The van der Waals surface area contributed by atoms with Gasteiger partial charge >= 0.3 is 0 Å². The number of hydrazone groups is 1. The van der Waals surface area contributed by atoms with Crippen LogP contribution in [0.3, 0.4) is 0 Å². The Balaban J connectivity index is 1.89. The third-order valence-corrected chi connectivity index (χ3v) is 4.92. The number of nitrogens with one attached hydrogen (secondary N) is 1. The molecule has 2 aromatic carbocycles. The van der Waals surface area contributed by atoms with E-state index < -0.39 is 0 Å². The molecular formula is C20H24N3+. The van der Waals surface area contributed by atoms with Crippen LogP contribution in [0, 0.1) is 6.92 Å². The lowest BCUT2D eigenvalue weighted by Crippen LogP contribution is -2.26. The fraction of sp³-hybridized carbons (Fsp3) is 0.300. The molecule has 0 aliphatic carbocycles. The molecule has 1 N–H and O–H groups in total. The van der Waals surface area contributed by atoms with Crippen LogP contribution >= 0.6 is 0 Å². The third-order valence-electron chi connectivity index (χ3n) is 4.92. The molecule has 0 saturated carbocycles. The fourth-order valence-corrected chi connectivity index (χ4v) is 3.21. The van der Waals surface area contributed by atoms with E-state index in [-0.39, 0.29) is 5.41 Å². The van der Waals surface area contributed by atoms with Crippen LogP contribution in [-0.4, -0.2) is 23.5 Å². The van der Waals surface area contributed by atoms with E-state index in [1.807, 2.05) is 18.3 Å². The average Bonchev–Trinajstić information content (AvgIpc) is 2.71. The molecule has 3 nitrogen and oxygen atoms in total. The molecule has 2 aromatic rings. The van der Waals surface area contributed by atoms with E-state index in [1.54, 1.807) is 0 Å². The lowest BCUT2D eigenvalue weighted by atomic mass is 9.80. The van der Waals surface area contributed by atoms with Gasteiger partial charge in [-0.15, -0.1) is 0 Å². The summed E-state index contributed by atoms with van der Waals surface area (Å²) < 4.78 is 2.28. The molecule has 118 valence electrons. The van der Waals surface area contributed by atoms with Crippen molar-refractivity contribution in [2.75, 3.05) is 12.5 Å². The molecule has 0 radical (unpaired) electrons. The number of anilines is 1. The second-order valence-corrected chi connectivity index (χ2v) is 6.75. The molecule has 1 heterocycles. The normalized spacial score (nSPS) is 16.0. The maximum Gasteiger partial charge on any atom is 0.209 e. The smallest absolute Gasteiger partial charge is 0.209 e. The van der Waals surface area contributed by atoms with Crippen molar-refractivity contribution in [3.05, 3.63) is 59.2 Å². The minimum atomic E-state index is 0.0244. The molecule has 0 bridgehead atoms. The zero-order valence-corrected chi connectivity index (χ0v) is 14.5. The Morgan fingerprint density at radius 1 is 1.04 bits per heavy atom. The van der Waals surface area contributed by atoms with Crippen LogP contribution in [-0.2, 0) is 5.41 Å². The number of rotatable bonds is 3. The molecule has 0 amide bonds. The van der Waals surface area contributed by atoms with Gasteiger partial charge in [-0.25, -0.2) is 4.58 Å². The SMILES string of the molecule is CC1=[N+](C)c2cccc(C=NNc3ccc(C)cc3)c2C1(C)C. The first kappa shape index (κ1) is 15.5. The Kier molecular flexibility index (Phi) is 3.80. The summed E-state index contributed by atoms with van der Waals surface area (Å²) in [7, 11) is 2.13. The Morgan fingerprint density at radius 3 is 2.43 bits per heavy atom. The van der Waals surface area contributed by atoms with E-state index in [4.69, 9.17) is 0 Å². The van der Waals surface area contributed by atoms with Gasteiger partial charge in [0.1, 0.15) is 7.05 Å². The quantitative estimate of drug-likeness (QED) is 0.506. The molecule has 23 heavy (non-hydrogen) atoms. The zero-order valence-electron chi connectivity index (χ0n) is 14.5. The first-order chi connectivity index (χ1) is 10.9. The molecule has 0 saturated heterocycles. The van der Waals surface area contributed by atoms with Gasteiger partial charge in [0.25, 0.3) is 0 Å². The number of nitrogens with zero attached hydrogens (tertiary/aromatic N) is 2. The van der Waals surface area contributed by atoms with Crippen molar-refractivity contribution >= 4 is 23.3 Å². The average molecular weight is 306 g/mol. The molecule has 0 atom stereocenters. The second-order valence-electron chi connectivity index (χ2n) is 6.75. The van der Waals surface area contributed by atoms with Crippen LogP contribution in [0.25, 0.3) is 0 Å². The van der Waals surface area contributed by atoms with Crippen molar-refractivity contribution in [1.29, 1.82) is 0 Å². The summed E-state index contributed by atoms with van der Waals surface area (Å²) in [6, 6.07) is 14.6. The van der Waals surface area contributed by atoms with E-state index in [9.17, 15) is 0 Å². The molecular weight excluding hydrogens is 282 g/mol. The number of fused-ring (bicyclic) bond motifs is 1. The van der Waals surface area contributed by atoms with E-state index in [0.29, 0.717) is 0 Å². The van der Waals surface area contributed by atoms with Gasteiger partial charge in [-0.3, -0.25) is 5.43 Å². The lowest BCUT2D eigenvalue weighted by molar-refractivity contribution is -0.403. The van der Waals surface area contributed by atoms with Crippen LogP contribution in [0.15, 0.2) is 47.6 Å². The summed E-state index contributed by atoms with van der Waals surface area (Å²) >= 11 is 0. The van der Waals surface area contributed by atoms with Gasteiger partial charge < -0.3 is 0 Å². The zero-order chi connectivity index (χ0) is 16.6. The molecule has 3 heteroatoms. The summed E-state index contributed by atoms with van der Waals surface area (Å²) in [6.07, 6.45) is 1.92. The van der Waals surface area contributed by atoms with Gasteiger partial charge in [-0.2, -0.15) is 5.10 Å². The van der Waals surface area contributed by atoms with Crippen molar-refractivity contribution < 1.29 is 4.58 Å². The molecule has 1 aliphatic heterocycles. The van der Waals surface area contributed by atoms with Gasteiger partial charge in [-0.1, -0.05) is 29.8 Å². The minimum Gasteiger partial charge on any atom is -0.279 e. The minimum absolute atomic E-state index is 0.0244. The number of aryl methyl sites for hydroxylation is 1. The van der Waals surface area contributed by atoms with Crippen LogP contribution in [0.4, 0.5) is 11.4 Å². The highest BCUT2D eigenvalue weighted by Crippen LogP contribution is 2.40. The molecule has 0 unspecified atom stereocenters. The van der Waals surface area contributed by atoms with Crippen molar-refractivity contribution in [1.82, 2.24) is 0 Å².